The fourth-order valence-corrected chi connectivity index (χ4v) is 9.42. The Morgan fingerprint density at radius 3 is 1.33 bits per heavy atom. The minimum absolute atomic E-state index is 0.0386. The Hall–Kier alpha value is -4.11. The Bertz CT molecular complexity index is 1910. The van der Waals surface area contributed by atoms with Crippen molar-refractivity contribution in [2.75, 3.05) is 40.9 Å². The zero-order valence-electron chi connectivity index (χ0n) is 53.1. The van der Waals surface area contributed by atoms with Gasteiger partial charge in [0.2, 0.25) is 5.91 Å². The van der Waals surface area contributed by atoms with Gasteiger partial charge in [-0.1, -0.05) is 283 Å². The highest BCUT2D eigenvalue weighted by Gasteiger charge is 2.27. The van der Waals surface area contributed by atoms with Crippen LogP contribution in [-0.2, 0) is 27.9 Å². The summed E-state index contributed by atoms with van der Waals surface area (Å²) >= 11 is 0. The number of ether oxygens (including phenoxy) is 1. The number of amides is 1. The minimum Gasteiger partial charge on any atom is -0.756 e. The molecule has 0 bridgehead atoms. The van der Waals surface area contributed by atoms with Crippen LogP contribution < -0.4 is 10.2 Å². The molecule has 3 unspecified atom stereocenters. The van der Waals surface area contributed by atoms with Gasteiger partial charge in [0.25, 0.3) is 7.82 Å². The predicted molar refractivity (Wildman–Crippen MR) is 353 cm³/mol. The summed E-state index contributed by atoms with van der Waals surface area (Å²) in [4.78, 5) is 40.1. The number of nitrogens with one attached hydrogen (secondary N) is 1. The molecule has 0 aliphatic rings. The fourth-order valence-electron chi connectivity index (χ4n) is 8.70. The molecule has 466 valence electrons. The lowest BCUT2D eigenvalue weighted by molar-refractivity contribution is -0.870. The van der Waals surface area contributed by atoms with Gasteiger partial charge in [-0.25, -0.2) is 0 Å². The summed E-state index contributed by atoms with van der Waals surface area (Å²) in [6, 6.07) is -0.920. The number of quaternary nitrogens is 1. The van der Waals surface area contributed by atoms with E-state index in [1.165, 1.54) is 96.3 Å². The number of esters is 1. The van der Waals surface area contributed by atoms with E-state index in [9.17, 15) is 19.0 Å². The number of carbonyl (C=O) groups excluding carboxylic acids is 2. The van der Waals surface area contributed by atoms with E-state index in [4.69, 9.17) is 13.8 Å². The van der Waals surface area contributed by atoms with Gasteiger partial charge in [-0.15, -0.1) is 0 Å². The SMILES string of the molecule is CC\C=C/C=C/C=C/C=C\C=C\C=C\CCCCCC(=O)OC(/C=C\CCCCCCCCCCCC)C(COP(=O)([O-])OCC[N+](C)(C)C)NC(=O)CCCCCCCCCCCCC/C=C\C/C=C\C/C=C\C/C=C\C/C=C\CC. The first kappa shape index (κ1) is 77.9. The third-order valence-electron chi connectivity index (χ3n) is 13.7. The Morgan fingerprint density at radius 1 is 0.451 bits per heavy atom. The Labute approximate surface area is 504 Å². The molecule has 10 heteroatoms. The maximum Gasteiger partial charge on any atom is 0.306 e. The summed E-state index contributed by atoms with van der Waals surface area (Å²) in [5, 5.41) is 3.02. The summed E-state index contributed by atoms with van der Waals surface area (Å²) in [5.41, 5.74) is 0. The number of likely N-dealkylation sites (N-methyl/N-ethyl adjacent to an activating group) is 1. The van der Waals surface area contributed by atoms with E-state index in [1.54, 1.807) is 0 Å². The van der Waals surface area contributed by atoms with Crippen molar-refractivity contribution in [2.24, 2.45) is 0 Å². The quantitative estimate of drug-likeness (QED) is 0.0161. The van der Waals surface area contributed by atoms with E-state index in [2.05, 4.69) is 99.0 Å². The zero-order chi connectivity index (χ0) is 60.0. The molecule has 0 saturated carbocycles. The van der Waals surface area contributed by atoms with E-state index in [0.29, 0.717) is 23.9 Å². The van der Waals surface area contributed by atoms with E-state index in [-0.39, 0.29) is 24.9 Å². The highest BCUT2D eigenvalue weighted by Crippen LogP contribution is 2.38. The molecule has 1 N–H and O–H groups in total. The second-order valence-corrected chi connectivity index (χ2v) is 24.1. The van der Waals surface area contributed by atoms with Crippen LogP contribution in [0.3, 0.4) is 0 Å². The Morgan fingerprint density at radius 2 is 0.841 bits per heavy atom. The number of hydrogen-bond acceptors (Lipinski definition) is 7. The summed E-state index contributed by atoms with van der Waals surface area (Å²) in [7, 11) is 1.13. The van der Waals surface area contributed by atoms with Gasteiger partial charge in [0.1, 0.15) is 19.3 Å². The van der Waals surface area contributed by atoms with Crippen LogP contribution in [0.4, 0.5) is 0 Å². The number of rotatable bonds is 57. The molecule has 0 fully saturated rings. The van der Waals surface area contributed by atoms with Crippen molar-refractivity contribution in [2.45, 2.75) is 258 Å². The summed E-state index contributed by atoms with van der Waals surface area (Å²) in [5.74, 6) is -0.605. The third kappa shape index (κ3) is 60.5. The molecule has 0 aromatic heterocycles. The van der Waals surface area contributed by atoms with Gasteiger partial charge in [-0.2, -0.15) is 0 Å². The lowest BCUT2D eigenvalue weighted by atomic mass is 10.0. The van der Waals surface area contributed by atoms with E-state index < -0.39 is 26.6 Å². The number of nitrogens with zero attached hydrogens (tertiary/aromatic N) is 1. The summed E-state index contributed by atoms with van der Waals surface area (Å²) in [6.07, 6.45) is 86.8. The lowest BCUT2D eigenvalue weighted by Crippen LogP contribution is -2.47. The van der Waals surface area contributed by atoms with Crippen molar-refractivity contribution in [3.8, 4) is 0 Å². The second kappa shape index (κ2) is 60.0. The lowest BCUT2D eigenvalue weighted by Gasteiger charge is -2.30. The van der Waals surface area contributed by atoms with Gasteiger partial charge < -0.3 is 28.5 Å². The number of phosphoric ester groups is 1. The molecule has 0 aliphatic heterocycles. The summed E-state index contributed by atoms with van der Waals surface area (Å²) < 4.78 is 30.3. The maximum absolute atomic E-state index is 13.6. The average molecular weight is 1160 g/mol. The van der Waals surface area contributed by atoms with Crippen LogP contribution in [0.5, 0.6) is 0 Å². The predicted octanol–water partition coefficient (Wildman–Crippen LogP) is 20.0. The second-order valence-electron chi connectivity index (χ2n) is 22.7. The molecule has 1 amide bonds. The number of unbranched alkanes of at least 4 members (excludes halogenated alkanes) is 24. The van der Waals surface area contributed by atoms with Gasteiger partial charge in [0, 0.05) is 12.8 Å². The van der Waals surface area contributed by atoms with Crippen LogP contribution in [0.15, 0.2) is 146 Å². The topological polar surface area (TPSA) is 114 Å². The van der Waals surface area contributed by atoms with Gasteiger partial charge in [-0.05, 0) is 96.0 Å². The van der Waals surface area contributed by atoms with Crippen LogP contribution in [0, 0.1) is 0 Å². The molecule has 0 radical (unpaired) electrons. The molecule has 0 spiro atoms. The van der Waals surface area contributed by atoms with Crippen molar-refractivity contribution >= 4 is 19.7 Å². The maximum atomic E-state index is 13.6. The van der Waals surface area contributed by atoms with Crippen LogP contribution in [0.25, 0.3) is 0 Å². The van der Waals surface area contributed by atoms with Crippen LogP contribution in [0.1, 0.15) is 245 Å². The van der Waals surface area contributed by atoms with Crippen LogP contribution >= 0.6 is 7.82 Å². The average Bonchev–Trinajstić information content (AvgIpc) is 3.44. The van der Waals surface area contributed by atoms with Crippen molar-refractivity contribution in [1.82, 2.24) is 5.32 Å². The van der Waals surface area contributed by atoms with E-state index >= 15 is 0 Å². The molecule has 0 aromatic carbocycles. The normalized spacial score (nSPS) is 14.6. The number of hydrogen-bond donors (Lipinski definition) is 1. The van der Waals surface area contributed by atoms with Crippen molar-refractivity contribution in [1.29, 1.82) is 0 Å². The summed E-state index contributed by atoms with van der Waals surface area (Å²) in [6.45, 7) is 6.53. The van der Waals surface area contributed by atoms with Crippen LogP contribution in [-0.4, -0.2) is 69.4 Å². The first-order valence-corrected chi connectivity index (χ1v) is 34.2. The monoisotopic (exact) mass is 1160 g/mol. The third-order valence-corrected chi connectivity index (χ3v) is 14.6. The molecule has 9 nitrogen and oxygen atoms in total. The minimum atomic E-state index is -4.72. The standard InChI is InChI=1S/C72H121N2O7P/c1-7-10-13-16-19-22-25-28-30-32-33-34-35-36-37-38-39-40-41-43-44-46-49-52-55-58-61-64-71(75)73-69(68-80-82(77,78)79-67-66-74(4,5)6)70(63-60-57-54-51-48-27-24-21-18-15-12-9-3)81-72(76)65-62-59-56-53-50-47-45-42-31-29-26-23-20-17-14-11-8-2/h10-11,13-14,17,19-20,22-23,26,28-31,33-34,36-37,42,45,47,50,60,63,69-70H,7-9,12,15-16,18,21,24-25,27,32,35,38-41,43-44,46,48-49,51-59,61-62,64-68H2,1-6H3,(H-,73,75,77,78)/b13-10-,14-11-,20-17+,22-19-,26-23+,30-28-,31-29-,34-33-,37-36-,45-42+,50-47+,63-60-. The first-order chi connectivity index (χ1) is 39.9. The van der Waals surface area contributed by atoms with Gasteiger partial charge in [0.15, 0.2) is 0 Å². The Kier molecular flexibility index (Phi) is 57.0. The van der Waals surface area contributed by atoms with E-state index in [1.807, 2.05) is 94.1 Å². The molecule has 0 aromatic rings. The highest BCUT2D eigenvalue weighted by molar-refractivity contribution is 7.45. The molecular formula is C72H121N2O7P. The highest BCUT2D eigenvalue weighted by atomic mass is 31.2. The molecule has 0 saturated heterocycles. The van der Waals surface area contributed by atoms with Gasteiger partial charge >= 0.3 is 5.97 Å². The largest absolute Gasteiger partial charge is 0.756 e. The van der Waals surface area contributed by atoms with Crippen molar-refractivity contribution < 1.29 is 37.3 Å². The molecule has 82 heavy (non-hydrogen) atoms. The molecular weight excluding hydrogens is 1040 g/mol. The van der Waals surface area contributed by atoms with Crippen molar-refractivity contribution in [3.63, 3.8) is 0 Å². The molecule has 0 rings (SSSR count). The number of carbonyl (C=O) groups is 2. The molecule has 3 atom stereocenters. The number of allylic oxidation sites excluding steroid dienone is 23. The molecule has 0 aliphatic carbocycles. The van der Waals surface area contributed by atoms with Crippen molar-refractivity contribution in [3.05, 3.63) is 146 Å². The first-order valence-electron chi connectivity index (χ1n) is 32.7. The number of phosphoric acid groups is 1. The van der Waals surface area contributed by atoms with E-state index in [0.717, 1.165) is 109 Å². The smallest absolute Gasteiger partial charge is 0.306 e. The fraction of sp³-hybridized carbons (Fsp3) is 0.639. The molecule has 0 heterocycles. The van der Waals surface area contributed by atoms with Crippen LogP contribution in [0.2, 0.25) is 0 Å². The zero-order valence-corrected chi connectivity index (χ0v) is 54.0. The van der Waals surface area contributed by atoms with Gasteiger partial charge in [0.05, 0.1) is 33.8 Å². The Balaban J connectivity index is 5.19. The van der Waals surface area contributed by atoms with Gasteiger partial charge in [-0.3, -0.25) is 14.2 Å².